The topological polar surface area (TPSA) is 58.1 Å². The molecule has 134 valence electrons. The summed E-state index contributed by atoms with van der Waals surface area (Å²) in [7, 11) is 0. The average molecular weight is 385 g/mol. The molecule has 1 N–H and O–H groups in total. The molecule has 7 heteroatoms. The number of thioether (sulfide) groups is 1. The van der Waals surface area contributed by atoms with Crippen LogP contribution in [0, 0.1) is 6.92 Å². The Morgan fingerprint density at radius 2 is 1.92 bits per heavy atom. The molecule has 1 aromatic carbocycles. The van der Waals surface area contributed by atoms with Crippen LogP contribution in [0.15, 0.2) is 35.5 Å². The van der Waals surface area contributed by atoms with Crippen molar-refractivity contribution in [2.24, 2.45) is 0 Å². The van der Waals surface area contributed by atoms with Crippen molar-refractivity contribution in [1.29, 1.82) is 0 Å². The molecule has 4 rings (SSSR count). The van der Waals surface area contributed by atoms with E-state index in [2.05, 4.69) is 20.2 Å². The maximum absolute atomic E-state index is 13.0. The maximum atomic E-state index is 13.0. The summed E-state index contributed by atoms with van der Waals surface area (Å²) >= 11 is 3.24. The molecule has 0 bridgehead atoms. The zero-order chi connectivity index (χ0) is 18.1. The zero-order valence-corrected chi connectivity index (χ0v) is 16.4. The smallest absolute Gasteiger partial charge is 0.257 e. The Balaban J connectivity index is 1.72. The van der Waals surface area contributed by atoms with Crippen LogP contribution in [0.5, 0.6) is 0 Å². The lowest BCUT2D eigenvalue weighted by Gasteiger charge is -2.17. The largest absolute Gasteiger partial charge is 0.356 e. The van der Waals surface area contributed by atoms with Crippen LogP contribution in [-0.4, -0.2) is 35.2 Å². The van der Waals surface area contributed by atoms with Gasteiger partial charge in [0.2, 0.25) is 0 Å². The van der Waals surface area contributed by atoms with Crippen LogP contribution >= 0.6 is 23.1 Å². The summed E-state index contributed by atoms with van der Waals surface area (Å²) in [6, 6.07) is 7.90. The van der Waals surface area contributed by atoms with Crippen molar-refractivity contribution < 1.29 is 4.79 Å². The number of amides is 1. The van der Waals surface area contributed by atoms with Crippen molar-refractivity contribution >= 4 is 50.7 Å². The van der Waals surface area contributed by atoms with Gasteiger partial charge in [0.15, 0.2) is 0 Å². The molecule has 1 aliphatic heterocycles. The highest BCUT2D eigenvalue weighted by molar-refractivity contribution is 7.98. The molecule has 2 aromatic heterocycles. The number of nitrogens with zero attached hydrogens (tertiary/aromatic N) is 3. The Morgan fingerprint density at radius 3 is 2.62 bits per heavy atom. The lowest BCUT2D eigenvalue weighted by atomic mass is 10.1. The molecule has 3 heterocycles. The van der Waals surface area contributed by atoms with Crippen molar-refractivity contribution in [2.75, 3.05) is 29.6 Å². The fraction of sp³-hybridized carbons (Fsp3) is 0.316. The van der Waals surface area contributed by atoms with Gasteiger partial charge in [0.25, 0.3) is 5.91 Å². The van der Waals surface area contributed by atoms with Gasteiger partial charge in [0, 0.05) is 28.5 Å². The SMILES string of the molecule is CSc1ccc(NC(=O)c2c(C)sc3ncnc(N4CCCC4)c23)cc1. The van der Waals surface area contributed by atoms with Crippen molar-refractivity contribution in [3.63, 3.8) is 0 Å². The highest BCUT2D eigenvalue weighted by atomic mass is 32.2. The molecule has 0 unspecified atom stereocenters. The minimum Gasteiger partial charge on any atom is -0.356 e. The van der Waals surface area contributed by atoms with Crippen LogP contribution < -0.4 is 10.2 Å². The molecule has 1 saturated heterocycles. The third kappa shape index (κ3) is 3.17. The monoisotopic (exact) mass is 384 g/mol. The normalized spacial score (nSPS) is 14.2. The predicted octanol–water partition coefficient (Wildman–Crippen LogP) is 4.57. The maximum Gasteiger partial charge on any atom is 0.257 e. The number of thiophene rings is 1. The molecule has 0 aliphatic carbocycles. The summed E-state index contributed by atoms with van der Waals surface area (Å²) in [6.07, 6.45) is 5.97. The molecule has 0 radical (unpaired) electrons. The highest BCUT2D eigenvalue weighted by Gasteiger charge is 2.24. The van der Waals surface area contributed by atoms with Crippen molar-refractivity contribution in [3.05, 3.63) is 41.0 Å². The number of aryl methyl sites for hydroxylation is 1. The number of carbonyl (C=O) groups is 1. The van der Waals surface area contributed by atoms with E-state index < -0.39 is 0 Å². The van der Waals surface area contributed by atoms with Crippen molar-refractivity contribution in [3.8, 4) is 0 Å². The van der Waals surface area contributed by atoms with E-state index in [9.17, 15) is 4.79 Å². The summed E-state index contributed by atoms with van der Waals surface area (Å²) in [5.74, 6) is 0.792. The van der Waals surface area contributed by atoms with E-state index in [1.54, 1.807) is 29.4 Å². The van der Waals surface area contributed by atoms with E-state index in [-0.39, 0.29) is 5.91 Å². The number of aromatic nitrogens is 2. The first-order valence-electron chi connectivity index (χ1n) is 8.62. The minimum absolute atomic E-state index is 0.0964. The van der Waals surface area contributed by atoms with Gasteiger partial charge in [0.05, 0.1) is 10.9 Å². The number of fused-ring (bicyclic) bond motifs is 1. The van der Waals surface area contributed by atoms with E-state index in [0.29, 0.717) is 5.56 Å². The average Bonchev–Trinajstić information content (AvgIpc) is 3.29. The van der Waals surface area contributed by atoms with Gasteiger partial charge in [-0.3, -0.25) is 4.79 Å². The van der Waals surface area contributed by atoms with Crippen LogP contribution in [0.2, 0.25) is 0 Å². The van der Waals surface area contributed by atoms with Crippen molar-refractivity contribution in [2.45, 2.75) is 24.7 Å². The Bertz CT molecular complexity index is 946. The van der Waals surface area contributed by atoms with Crippen molar-refractivity contribution in [1.82, 2.24) is 9.97 Å². The number of hydrogen-bond donors (Lipinski definition) is 1. The molecule has 1 fully saturated rings. The van der Waals surface area contributed by atoms with Gasteiger partial charge in [-0.2, -0.15) is 0 Å². The number of hydrogen-bond acceptors (Lipinski definition) is 6. The van der Waals surface area contributed by atoms with E-state index >= 15 is 0 Å². The van der Waals surface area contributed by atoms with E-state index in [4.69, 9.17) is 0 Å². The second kappa shape index (κ2) is 7.25. The first-order chi connectivity index (χ1) is 12.7. The highest BCUT2D eigenvalue weighted by Crippen LogP contribution is 2.36. The summed E-state index contributed by atoms with van der Waals surface area (Å²) in [5, 5.41) is 3.92. The Kier molecular flexibility index (Phi) is 4.82. The Labute approximate surface area is 160 Å². The van der Waals surface area contributed by atoms with Gasteiger partial charge in [-0.15, -0.1) is 23.1 Å². The third-order valence-corrected chi connectivity index (χ3v) is 6.38. The number of rotatable bonds is 4. The van der Waals surface area contributed by atoms with Gasteiger partial charge in [-0.1, -0.05) is 0 Å². The zero-order valence-electron chi connectivity index (χ0n) is 14.8. The van der Waals surface area contributed by atoms with Crippen LogP contribution in [0.4, 0.5) is 11.5 Å². The van der Waals surface area contributed by atoms with E-state index in [1.807, 2.05) is 37.4 Å². The van der Waals surface area contributed by atoms with E-state index in [0.717, 1.165) is 52.5 Å². The molecule has 1 amide bonds. The number of anilines is 2. The second-order valence-corrected chi connectivity index (χ2v) is 8.37. The number of carbonyl (C=O) groups excluding carboxylic acids is 1. The van der Waals surface area contributed by atoms with Gasteiger partial charge in [0.1, 0.15) is 17.0 Å². The summed E-state index contributed by atoms with van der Waals surface area (Å²) in [5.41, 5.74) is 1.49. The Morgan fingerprint density at radius 1 is 1.19 bits per heavy atom. The minimum atomic E-state index is -0.0964. The first-order valence-corrected chi connectivity index (χ1v) is 10.7. The molecule has 3 aromatic rings. The molecule has 1 aliphatic rings. The van der Waals surface area contributed by atoms with Crippen LogP contribution in [0.3, 0.4) is 0 Å². The van der Waals surface area contributed by atoms with Crippen LogP contribution in [0.1, 0.15) is 28.1 Å². The third-order valence-electron chi connectivity index (χ3n) is 4.62. The summed E-state index contributed by atoms with van der Waals surface area (Å²) in [6.45, 7) is 3.95. The van der Waals surface area contributed by atoms with Gasteiger partial charge >= 0.3 is 0 Å². The lowest BCUT2D eigenvalue weighted by Crippen LogP contribution is -2.20. The molecule has 5 nitrogen and oxygen atoms in total. The molecule has 0 saturated carbocycles. The van der Waals surface area contributed by atoms with Crippen LogP contribution in [-0.2, 0) is 0 Å². The molecule has 0 spiro atoms. The predicted molar refractivity (Wildman–Crippen MR) is 110 cm³/mol. The van der Waals surface area contributed by atoms with Gasteiger partial charge in [-0.25, -0.2) is 9.97 Å². The number of benzene rings is 1. The molecular weight excluding hydrogens is 364 g/mol. The standard InChI is InChI=1S/C19H20N4OS2/c1-12-15(18(24)22-13-5-7-14(25-2)8-6-13)16-17(23-9-3-4-10-23)20-11-21-19(16)26-12/h5-8,11H,3-4,9-10H2,1-2H3,(H,22,24). The first kappa shape index (κ1) is 17.3. The number of nitrogens with one attached hydrogen (secondary N) is 1. The van der Waals surface area contributed by atoms with Crippen LogP contribution in [0.25, 0.3) is 10.2 Å². The fourth-order valence-corrected chi connectivity index (χ4v) is 4.73. The molecule has 26 heavy (non-hydrogen) atoms. The van der Waals surface area contributed by atoms with Gasteiger partial charge in [-0.05, 0) is 50.3 Å². The quantitative estimate of drug-likeness (QED) is 0.668. The van der Waals surface area contributed by atoms with E-state index in [1.165, 1.54) is 4.90 Å². The summed E-state index contributed by atoms with van der Waals surface area (Å²) < 4.78 is 0. The Hall–Kier alpha value is -2.12. The lowest BCUT2D eigenvalue weighted by molar-refractivity contribution is 0.102. The summed E-state index contributed by atoms with van der Waals surface area (Å²) in [4.78, 5) is 27.3. The molecular formula is C19H20N4OS2. The second-order valence-electron chi connectivity index (χ2n) is 6.29. The fourth-order valence-electron chi connectivity index (χ4n) is 3.34. The van der Waals surface area contributed by atoms with Gasteiger partial charge < -0.3 is 10.2 Å². The molecule has 0 atom stereocenters.